The lowest BCUT2D eigenvalue weighted by Gasteiger charge is -2.13. The van der Waals surface area contributed by atoms with Crippen LogP contribution in [0.15, 0.2) is 53.4 Å². The highest BCUT2D eigenvalue weighted by Crippen LogP contribution is 2.24. The van der Waals surface area contributed by atoms with Crippen molar-refractivity contribution >= 4 is 29.3 Å². The van der Waals surface area contributed by atoms with Crippen LogP contribution in [0.4, 0.5) is 5.69 Å². The summed E-state index contributed by atoms with van der Waals surface area (Å²) in [5.41, 5.74) is 1.49. The van der Waals surface area contributed by atoms with Crippen molar-refractivity contribution in [2.45, 2.75) is 18.2 Å². The topological polar surface area (TPSA) is 76.7 Å². The van der Waals surface area contributed by atoms with E-state index in [-0.39, 0.29) is 11.8 Å². The molecule has 0 bridgehead atoms. The summed E-state index contributed by atoms with van der Waals surface area (Å²) in [6.45, 7) is 4.32. The van der Waals surface area contributed by atoms with Crippen molar-refractivity contribution in [3.63, 3.8) is 0 Å². The zero-order valence-corrected chi connectivity index (χ0v) is 17.7. The van der Waals surface area contributed by atoms with Crippen LogP contribution in [0.2, 0.25) is 0 Å². The molecule has 0 unspecified atom stereocenters. The summed E-state index contributed by atoms with van der Waals surface area (Å²) in [7, 11) is 1.65. The van der Waals surface area contributed by atoms with E-state index in [1.165, 1.54) is 0 Å². The van der Waals surface area contributed by atoms with Gasteiger partial charge < -0.3 is 20.1 Å². The smallest absolute Gasteiger partial charge is 0.256 e. The summed E-state index contributed by atoms with van der Waals surface area (Å²) < 4.78 is 10.4. The average Bonchev–Trinajstić information content (AvgIpc) is 2.74. The van der Waals surface area contributed by atoms with Gasteiger partial charge in [-0.3, -0.25) is 9.59 Å². The third-order valence-corrected chi connectivity index (χ3v) is 5.09. The number of carbonyl (C=O) groups excluding carboxylic acids is 2. The fourth-order valence-electron chi connectivity index (χ4n) is 2.61. The summed E-state index contributed by atoms with van der Waals surface area (Å²) in [6.07, 6.45) is 0.736. The molecule has 2 rings (SSSR count). The molecular weight excluding hydrogens is 388 g/mol. The zero-order chi connectivity index (χ0) is 20.9. The molecule has 0 saturated carbocycles. The molecular formula is C22H28N2O4S. The molecule has 2 amide bonds. The van der Waals surface area contributed by atoms with Crippen molar-refractivity contribution in [2.24, 2.45) is 0 Å². The number of thioether (sulfide) groups is 1. The molecule has 0 atom stereocenters. The van der Waals surface area contributed by atoms with Gasteiger partial charge in [-0.05, 0) is 37.6 Å². The van der Waals surface area contributed by atoms with Gasteiger partial charge in [-0.2, -0.15) is 0 Å². The predicted octanol–water partition coefficient (Wildman–Crippen LogP) is 3.83. The van der Waals surface area contributed by atoms with E-state index in [1.54, 1.807) is 49.2 Å². The molecule has 29 heavy (non-hydrogen) atoms. The number of amides is 2. The highest BCUT2D eigenvalue weighted by atomic mass is 32.2. The molecule has 0 aliphatic rings. The van der Waals surface area contributed by atoms with Crippen molar-refractivity contribution in [1.82, 2.24) is 5.32 Å². The summed E-state index contributed by atoms with van der Waals surface area (Å²) in [5, 5.41) is 5.75. The lowest BCUT2D eigenvalue weighted by molar-refractivity contribution is 0.0945. The van der Waals surface area contributed by atoms with Crippen LogP contribution in [-0.2, 0) is 9.47 Å². The van der Waals surface area contributed by atoms with Gasteiger partial charge in [-0.1, -0.05) is 24.3 Å². The Hall–Kier alpha value is -2.35. The van der Waals surface area contributed by atoms with Crippen LogP contribution in [0.5, 0.6) is 0 Å². The third-order valence-electron chi connectivity index (χ3n) is 4.05. The predicted molar refractivity (Wildman–Crippen MR) is 117 cm³/mol. The molecule has 0 radical (unpaired) electrons. The second-order valence-electron chi connectivity index (χ2n) is 6.14. The number of hydrogen-bond acceptors (Lipinski definition) is 5. The molecule has 7 heteroatoms. The average molecular weight is 417 g/mol. The molecule has 0 saturated heterocycles. The van der Waals surface area contributed by atoms with E-state index in [0.29, 0.717) is 43.2 Å². The molecule has 0 heterocycles. The molecule has 6 nitrogen and oxygen atoms in total. The number of ether oxygens (including phenoxy) is 2. The van der Waals surface area contributed by atoms with Crippen LogP contribution < -0.4 is 10.6 Å². The van der Waals surface area contributed by atoms with Gasteiger partial charge in [0.05, 0.1) is 23.4 Å². The SMILES string of the molecule is CCOCCCNC(=O)c1ccccc1NC(=O)c1ccccc1SCCOC. The van der Waals surface area contributed by atoms with Crippen molar-refractivity contribution in [2.75, 3.05) is 44.5 Å². The molecule has 0 spiro atoms. The highest BCUT2D eigenvalue weighted by molar-refractivity contribution is 7.99. The first-order valence-electron chi connectivity index (χ1n) is 9.64. The van der Waals surface area contributed by atoms with Crippen molar-refractivity contribution in [3.05, 3.63) is 59.7 Å². The van der Waals surface area contributed by atoms with Gasteiger partial charge in [0.1, 0.15) is 0 Å². The maximum Gasteiger partial charge on any atom is 0.256 e. The molecule has 2 aromatic carbocycles. The van der Waals surface area contributed by atoms with Gasteiger partial charge in [0.15, 0.2) is 0 Å². The van der Waals surface area contributed by atoms with E-state index in [1.807, 2.05) is 25.1 Å². The van der Waals surface area contributed by atoms with Gasteiger partial charge in [-0.15, -0.1) is 11.8 Å². The number of anilines is 1. The number of nitrogens with one attached hydrogen (secondary N) is 2. The summed E-state index contributed by atoms with van der Waals surface area (Å²) in [6, 6.07) is 14.4. The molecule has 2 N–H and O–H groups in total. The van der Waals surface area contributed by atoms with Gasteiger partial charge in [0.2, 0.25) is 0 Å². The number of methoxy groups -OCH3 is 1. The number of carbonyl (C=O) groups is 2. The number of rotatable bonds is 12. The van der Waals surface area contributed by atoms with Crippen LogP contribution >= 0.6 is 11.8 Å². The standard InChI is InChI=1S/C22H28N2O4S/c1-3-28-14-8-13-23-21(25)17-9-4-6-11-19(17)24-22(26)18-10-5-7-12-20(18)29-16-15-27-2/h4-7,9-12H,3,8,13-16H2,1-2H3,(H,23,25)(H,24,26). The second kappa shape index (κ2) is 13.0. The van der Waals surface area contributed by atoms with Crippen LogP contribution in [0.25, 0.3) is 0 Å². The molecule has 2 aromatic rings. The number of para-hydroxylation sites is 1. The lowest BCUT2D eigenvalue weighted by atomic mass is 10.1. The molecule has 156 valence electrons. The molecule has 0 aliphatic carbocycles. The first-order chi connectivity index (χ1) is 14.2. The number of benzene rings is 2. The van der Waals surface area contributed by atoms with E-state index in [9.17, 15) is 9.59 Å². The van der Waals surface area contributed by atoms with Gasteiger partial charge in [-0.25, -0.2) is 0 Å². The van der Waals surface area contributed by atoms with Crippen LogP contribution in [-0.4, -0.2) is 51.0 Å². The minimum absolute atomic E-state index is 0.222. The van der Waals surface area contributed by atoms with Crippen molar-refractivity contribution < 1.29 is 19.1 Å². The Labute approximate surface area is 176 Å². The van der Waals surface area contributed by atoms with Crippen LogP contribution in [0.3, 0.4) is 0 Å². The lowest BCUT2D eigenvalue weighted by Crippen LogP contribution is -2.27. The Balaban J connectivity index is 2.05. The molecule has 0 aliphatic heterocycles. The van der Waals surface area contributed by atoms with Gasteiger partial charge >= 0.3 is 0 Å². The highest BCUT2D eigenvalue weighted by Gasteiger charge is 2.16. The van der Waals surface area contributed by atoms with Crippen LogP contribution in [0, 0.1) is 0 Å². The van der Waals surface area contributed by atoms with E-state index in [4.69, 9.17) is 9.47 Å². The molecule has 0 fully saturated rings. The first kappa shape index (κ1) is 22.9. The van der Waals surface area contributed by atoms with Gasteiger partial charge in [0.25, 0.3) is 11.8 Å². The number of hydrogen-bond donors (Lipinski definition) is 2. The van der Waals surface area contributed by atoms with E-state index < -0.39 is 0 Å². The van der Waals surface area contributed by atoms with E-state index >= 15 is 0 Å². The Morgan fingerprint density at radius 1 is 0.966 bits per heavy atom. The zero-order valence-electron chi connectivity index (χ0n) is 16.9. The minimum Gasteiger partial charge on any atom is -0.384 e. The Bertz CT molecular complexity index is 798. The maximum absolute atomic E-state index is 12.9. The Kier molecular flexibility index (Phi) is 10.3. The summed E-state index contributed by atoms with van der Waals surface area (Å²) in [5.74, 6) is 0.281. The quantitative estimate of drug-likeness (QED) is 0.406. The third kappa shape index (κ3) is 7.53. The fraction of sp³-hybridized carbons (Fsp3) is 0.364. The monoisotopic (exact) mass is 416 g/mol. The summed E-state index contributed by atoms with van der Waals surface area (Å²) >= 11 is 1.56. The Morgan fingerprint density at radius 3 is 2.45 bits per heavy atom. The maximum atomic E-state index is 12.9. The normalized spacial score (nSPS) is 10.6. The molecule has 0 aromatic heterocycles. The van der Waals surface area contributed by atoms with Crippen molar-refractivity contribution in [3.8, 4) is 0 Å². The first-order valence-corrected chi connectivity index (χ1v) is 10.6. The van der Waals surface area contributed by atoms with E-state index in [2.05, 4.69) is 10.6 Å². The van der Waals surface area contributed by atoms with E-state index in [0.717, 1.165) is 17.1 Å². The largest absolute Gasteiger partial charge is 0.384 e. The Morgan fingerprint density at radius 2 is 1.69 bits per heavy atom. The van der Waals surface area contributed by atoms with Crippen molar-refractivity contribution in [1.29, 1.82) is 0 Å². The second-order valence-corrected chi connectivity index (χ2v) is 7.28. The van der Waals surface area contributed by atoms with Gasteiger partial charge in [0, 0.05) is 37.5 Å². The summed E-state index contributed by atoms with van der Waals surface area (Å²) in [4.78, 5) is 26.3. The minimum atomic E-state index is -0.248. The van der Waals surface area contributed by atoms with Crippen LogP contribution in [0.1, 0.15) is 34.1 Å². The fourth-order valence-corrected chi connectivity index (χ4v) is 3.57.